The van der Waals surface area contributed by atoms with Gasteiger partial charge in [-0.05, 0) is 47.9 Å². The highest BCUT2D eigenvalue weighted by Gasteiger charge is 2.32. The average Bonchev–Trinajstić information content (AvgIpc) is 3.04. The van der Waals surface area contributed by atoms with Crippen LogP contribution < -0.4 is 10.1 Å². The monoisotopic (exact) mass is 411 g/mol. The van der Waals surface area contributed by atoms with Crippen molar-refractivity contribution in [2.45, 2.75) is 13.3 Å². The second kappa shape index (κ2) is 8.79. The molecule has 0 atom stereocenters. The van der Waals surface area contributed by atoms with Crippen molar-refractivity contribution in [3.05, 3.63) is 101 Å². The summed E-state index contributed by atoms with van der Waals surface area (Å²) in [6, 6.07) is 21.4. The zero-order valence-electron chi connectivity index (χ0n) is 17.1. The van der Waals surface area contributed by atoms with Crippen molar-refractivity contribution in [2.75, 3.05) is 11.9 Å². The van der Waals surface area contributed by atoms with Crippen LogP contribution in [0.15, 0.2) is 78.4 Å². The second-order valence-corrected chi connectivity index (χ2v) is 7.22. The van der Waals surface area contributed by atoms with E-state index in [1.807, 2.05) is 24.3 Å². The van der Waals surface area contributed by atoms with Crippen molar-refractivity contribution >= 4 is 29.2 Å². The Morgan fingerprint density at radius 3 is 2.06 bits per heavy atom. The van der Waals surface area contributed by atoms with E-state index in [2.05, 4.69) is 12.2 Å². The average molecular weight is 411 g/mol. The van der Waals surface area contributed by atoms with E-state index in [1.54, 1.807) is 54.6 Å². The number of hydrogen-bond acceptors (Lipinski definition) is 4. The summed E-state index contributed by atoms with van der Waals surface area (Å²) in [5.74, 6) is -0.254. The third-order valence-corrected chi connectivity index (χ3v) is 5.11. The number of hydrogen-bond donors (Lipinski definition) is 1. The van der Waals surface area contributed by atoms with E-state index < -0.39 is 0 Å². The van der Waals surface area contributed by atoms with E-state index in [1.165, 1.54) is 5.56 Å². The van der Waals surface area contributed by atoms with Gasteiger partial charge in [0.25, 0.3) is 5.91 Å². The fourth-order valence-corrected chi connectivity index (χ4v) is 3.40. The Hall–Kier alpha value is -3.99. The molecule has 3 aromatic carbocycles. The first-order valence-corrected chi connectivity index (χ1v) is 10.1. The molecule has 0 saturated carbocycles. The van der Waals surface area contributed by atoms with Crippen LogP contribution in [0.2, 0.25) is 0 Å². The van der Waals surface area contributed by atoms with Crippen LogP contribution in [-0.4, -0.2) is 24.1 Å². The molecule has 0 heterocycles. The molecular formula is C26H21NO4. The second-order valence-electron chi connectivity index (χ2n) is 7.22. The number of nitrogens with one attached hydrogen (secondary N) is 1. The number of allylic oxidation sites excluding steroid dienone is 1. The van der Waals surface area contributed by atoms with Crippen LogP contribution in [0, 0.1) is 0 Å². The molecule has 0 saturated heterocycles. The summed E-state index contributed by atoms with van der Waals surface area (Å²) in [6.07, 6.45) is 2.53. The molecule has 5 nitrogen and oxygen atoms in total. The first-order valence-electron chi connectivity index (χ1n) is 10.1. The van der Waals surface area contributed by atoms with Crippen LogP contribution in [0.25, 0.3) is 6.08 Å². The first-order chi connectivity index (χ1) is 15.0. The molecule has 3 aromatic rings. The van der Waals surface area contributed by atoms with Gasteiger partial charge >= 0.3 is 0 Å². The molecule has 1 amide bonds. The van der Waals surface area contributed by atoms with Crippen LogP contribution in [-0.2, 0) is 11.2 Å². The fraction of sp³-hybridized carbons (Fsp3) is 0.115. The molecule has 31 heavy (non-hydrogen) atoms. The van der Waals surface area contributed by atoms with Gasteiger partial charge in [0.15, 0.2) is 18.2 Å². The Labute approximate surface area is 180 Å². The molecule has 0 aliphatic heterocycles. The van der Waals surface area contributed by atoms with Crippen LogP contribution in [0.5, 0.6) is 5.75 Å². The van der Waals surface area contributed by atoms with Crippen LogP contribution in [0.4, 0.5) is 5.69 Å². The topological polar surface area (TPSA) is 72.5 Å². The molecule has 0 aromatic heterocycles. The summed E-state index contributed by atoms with van der Waals surface area (Å²) >= 11 is 0. The normalized spacial score (nSPS) is 12.5. The maximum absolute atomic E-state index is 12.5. The van der Waals surface area contributed by atoms with Crippen molar-refractivity contribution in [3.8, 4) is 5.75 Å². The molecule has 5 heteroatoms. The van der Waals surface area contributed by atoms with E-state index >= 15 is 0 Å². The number of carbonyl (C=O) groups excluding carboxylic acids is 3. The third-order valence-electron chi connectivity index (χ3n) is 5.11. The minimum Gasteiger partial charge on any atom is -0.484 e. The summed E-state index contributed by atoms with van der Waals surface area (Å²) < 4.78 is 5.54. The highest BCUT2D eigenvalue weighted by atomic mass is 16.5. The summed E-state index contributed by atoms with van der Waals surface area (Å²) in [6.45, 7) is 1.95. The molecule has 1 N–H and O–H groups in total. The van der Waals surface area contributed by atoms with Gasteiger partial charge in [0, 0.05) is 16.8 Å². The SMILES string of the molecule is CCc1ccc(NC(=O)COc2ccc(C=C3C(=O)c4ccccc4C3=O)cc2)cc1. The van der Waals surface area contributed by atoms with Crippen molar-refractivity contribution in [1.29, 1.82) is 0 Å². The van der Waals surface area contributed by atoms with Gasteiger partial charge in [0.05, 0.1) is 5.57 Å². The molecule has 0 unspecified atom stereocenters. The van der Waals surface area contributed by atoms with E-state index in [0.29, 0.717) is 22.4 Å². The van der Waals surface area contributed by atoms with Crippen molar-refractivity contribution in [2.24, 2.45) is 0 Å². The molecule has 4 rings (SSSR count). The Morgan fingerprint density at radius 1 is 0.871 bits per heavy atom. The molecule has 154 valence electrons. The minimum atomic E-state index is -0.260. The van der Waals surface area contributed by atoms with Crippen molar-refractivity contribution < 1.29 is 19.1 Å². The largest absolute Gasteiger partial charge is 0.484 e. The minimum absolute atomic E-state index is 0.123. The predicted octanol–water partition coefficient (Wildman–Crippen LogP) is 4.73. The lowest BCUT2D eigenvalue weighted by Crippen LogP contribution is -2.20. The van der Waals surface area contributed by atoms with Gasteiger partial charge in [-0.15, -0.1) is 0 Å². The first kappa shape index (κ1) is 20.3. The van der Waals surface area contributed by atoms with Crippen molar-refractivity contribution in [1.82, 2.24) is 0 Å². The number of ether oxygens (including phenoxy) is 1. The number of carbonyl (C=O) groups is 3. The van der Waals surface area contributed by atoms with Gasteiger partial charge < -0.3 is 10.1 Å². The lowest BCUT2D eigenvalue weighted by Gasteiger charge is -2.08. The van der Waals surface area contributed by atoms with Crippen LogP contribution >= 0.6 is 0 Å². The van der Waals surface area contributed by atoms with Gasteiger partial charge in [0.1, 0.15) is 5.75 Å². The standard InChI is InChI=1S/C26H21NO4/c1-2-17-7-11-19(12-8-17)27-24(28)16-31-20-13-9-18(10-14-20)15-23-25(29)21-5-3-4-6-22(21)26(23)30/h3-15H,2,16H2,1H3,(H,27,28). The summed E-state index contributed by atoms with van der Waals surface area (Å²) in [7, 11) is 0. The fourth-order valence-electron chi connectivity index (χ4n) is 3.40. The number of rotatable bonds is 6. The molecule has 0 radical (unpaired) electrons. The van der Waals surface area contributed by atoms with Gasteiger partial charge in [-0.1, -0.05) is 55.5 Å². The number of benzene rings is 3. The number of Topliss-reactive ketones (excluding diaryl/α,β-unsaturated/α-hetero) is 2. The zero-order chi connectivity index (χ0) is 21.8. The highest BCUT2D eigenvalue weighted by molar-refractivity contribution is 6.41. The van der Waals surface area contributed by atoms with Gasteiger partial charge in [-0.2, -0.15) is 0 Å². The summed E-state index contributed by atoms with van der Waals surface area (Å²) in [5, 5.41) is 2.79. The summed E-state index contributed by atoms with van der Waals surface area (Å²) in [4.78, 5) is 37.1. The summed E-state index contributed by atoms with van der Waals surface area (Å²) in [5.41, 5.74) is 3.66. The molecule has 0 fully saturated rings. The van der Waals surface area contributed by atoms with Gasteiger partial charge in [0.2, 0.25) is 0 Å². The third kappa shape index (κ3) is 4.46. The molecule has 0 spiro atoms. The Bertz CT molecular complexity index is 1140. The Balaban J connectivity index is 1.36. The smallest absolute Gasteiger partial charge is 0.262 e. The molecule has 1 aliphatic carbocycles. The molecule has 0 bridgehead atoms. The van der Waals surface area contributed by atoms with Crippen LogP contribution in [0.1, 0.15) is 38.8 Å². The van der Waals surface area contributed by atoms with E-state index in [4.69, 9.17) is 4.74 Å². The van der Waals surface area contributed by atoms with Crippen LogP contribution in [0.3, 0.4) is 0 Å². The molecule has 1 aliphatic rings. The van der Waals surface area contributed by atoms with Gasteiger partial charge in [-0.25, -0.2) is 0 Å². The number of aryl methyl sites for hydroxylation is 1. The Morgan fingerprint density at radius 2 is 1.48 bits per heavy atom. The lowest BCUT2D eigenvalue weighted by atomic mass is 10.1. The number of ketones is 2. The maximum atomic E-state index is 12.5. The lowest BCUT2D eigenvalue weighted by molar-refractivity contribution is -0.118. The zero-order valence-corrected chi connectivity index (χ0v) is 17.1. The quantitative estimate of drug-likeness (QED) is 0.470. The highest BCUT2D eigenvalue weighted by Crippen LogP contribution is 2.28. The van der Waals surface area contributed by atoms with E-state index in [0.717, 1.165) is 12.1 Å². The number of amides is 1. The molecular weight excluding hydrogens is 390 g/mol. The number of fused-ring (bicyclic) bond motifs is 1. The predicted molar refractivity (Wildman–Crippen MR) is 119 cm³/mol. The van der Waals surface area contributed by atoms with Gasteiger partial charge in [-0.3, -0.25) is 14.4 Å². The van der Waals surface area contributed by atoms with Crippen molar-refractivity contribution in [3.63, 3.8) is 0 Å². The van der Waals surface area contributed by atoms with E-state index in [9.17, 15) is 14.4 Å². The Kier molecular flexibility index (Phi) is 5.76. The number of anilines is 1. The van der Waals surface area contributed by atoms with E-state index in [-0.39, 0.29) is 29.7 Å². The maximum Gasteiger partial charge on any atom is 0.262 e.